The summed E-state index contributed by atoms with van der Waals surface area (Å²) < 4.78 is 14.4. The van der Waals surface area contributed by atoms with Gasteiger partial charge < -0.3 is 9.12 Å². The lowest BCUT2D eigenvalue weighted by molar-refractivity contribution is 0.664. The van der Waals surface area contributed by atoms with Crippen LogP contribution >= 0.6 is 23.4 Å². The van der Waals surface area contributed by atoms with Gasteiger partial charge in [-0.2, -0.15) is 0 Å². The van der Waals surface area contributed by atoms with E-state index >= 15 is 0 Å². The van der Waals surface area contributed by atoms with Crippen LogP contribution in [0.4, 0.5) is 0 Å². The Morgan fingerprint density at radius 3 is 2.09 bits per heavy atom. The van der Waals surface area contributed by atoms with Crippen LogP contribution in [0.1, 0.15) is 0 Å². The van der Waals surface area contributed by atoms with Crippen LogP contribution in [-0.2, 0) is 0 Å². The van der Waals surface area contributed by atoms with E-state index in [1.54, 1.807) is 11.3 Å². The van der Waals surface area contributed by atoms with Crippen LogP contribution in [0, 0.1) is 0 Å². The number of hydrogen-bond donors (Lipinski definition) is 1. The summed E-state index contributed by atoms with van der Waals surface area (Å²) in [6.45, 7) is 0. The van der Waals surface area contributed by atoms with Gasteiger partial charge in [-0.05, 0) is 65.7 Å². The van der Waals surface area contributed by atoms with Gasteiger partial charge in [0, 0.05) is 53.6 Å². The van der Waals surface area contributed by atoms with Crippen LogP contribution in [0.3, 0.4) is 0 Å². The van der Waals surface area contributed by atoms with Crippen molar-refractivity contribution in [3.63, 3.8) is 0 Å². The van der Waals surface area contributed by atoms with Crippen LogP contribution in [0.2, 0.25) is 0 Å². The maximum atomic E-state index is 9.54. The van der Waals surface area contributed by atoms with Crippen LogP contribution in [0.5, 0.6) is 0 Å². The number of nitrogens with zero attached hydrogens (tertiary/aromatic N) is 1. The molecule has 0 unspecified atom stereocenters. The van der Waals surface area contributed by atoms with Crippen molar-refractivity contribution >= 4 is 65.4 Å². The summed E-state index contributed by atoms with van der Waals surface area (Å²) in [7, 11) is 0. The highest BCUT2D eigenvalue weighted by molar-refractivity contribution is 7.93. The van der Waals surface area contributed by atoms with E-state index in [1.165, 1.54) is 58.8 Å². The van der Waals surface area contributed by atoms with Crippen molar-refractivity contribution in [1.82, 2.24) is 4.57 Å². The molecule has 1 N–H and O–H groups in total. The van der Waals surface area contributed by atoms with Crippen LogP contribution in [-0.4, -0.2) is 9.12 Å². The van der Waals surface area contributed by atoms with E-state index in [1.807, 2.05) is 6.07 Å². The van der Waals surface area contributed by atoms with Crippen molar-refractivity contribution in [2.45, 2.75) is 4.90 Å². The summed E-state index contributed by atoms with van der Waals surface area (Å²) >= 11 is 2.60. The minimum Gasteiger partial charge on any atom is -0.325 e. The smallest absolute Gasteiger partial charge is 0.0547 e. The van der Waals surface area contributed by atoms with Gasteiger partial charge in [-0.25, -0.2) is 0 Å². The second-order valence-electron chi connectivity index (χ2n) is 8.48. The summed E-state index contributed by atoms with van der Waals surface area (Å²) in [5.74, 6) is 0. The summed E-state index contributed by atoms with van der Waals surface area (Å²) in [5, 5.41) is 4.95. The Morgan fingerprint density at radius 2 is 1.24 bits per heavy atom. The molecule has 162 valence electrons. The van der Waals surface area contributed by atoms with Gasteiger partial charge in [0.05, 0.1) is 11.0 Å². The highest BCUT2D eigenvalue weighted by Gasteiger charge is 2.14. The average molecular weight is 474 g/mol. The third kappa shape index (κ3) is 3.00. The van der Waals surface area contributed by atoms with E-state index in [0.29, 0.717) is 0 Å². The topological polar surface area (TPSA) is 25.2 Å². The fourth-order valence-electron chi connectivity index (χ4n) is 5.00. The normalized spacial score (nSPS) is 11.8. The Kier molecular flexibility index (Phi) is 4.52. The van der Waals surface area contributed by atoms with Gasteiger partial charge in [-0.1, -0.05) is 54.6 Å². The predicted octanol–water partition coefficient (Wildman–Crippen LogP) is 9.38. The van der Waals surface area contributed by atoms with E-state index in [0.717, 1.165) is 16.9 Å². The van der Waals surface area contributed by atoms with Crippen molar-refractivity contribution in [3.05, 3.63) is 109 Å². The maximum Gasteiger partial charge on any atom is 0.0547 e. The van der Waals surface area contributed by atoms with Crippen molar-refractivity contribution in [2.75, 3.05) is 0 Å². The van der Waals surface area contributed by atoms with Gasteiger partial charge in [0.15, 0.2) is 0 Å². The molecule has 0 bridgehead atoms. The molecule has 2 heterocycles. The quantitative estimate of drug-likeness (QED) is 0.259. The maximum absolute atomic E-state index is 9.54. The zero-order chi connectivity index (χ0) is 22.6. The Balaban J connectivity index is 1.48. The molecule has 0 aliphatic rings. The predicted molar refractivity (Wildman–Crippen MR) is 148 cm³/mol. The van der Waals surface area contributed by atoms with E-state index < -0.39 is 0 Å². The molecule has 0 amide bonds. The fraction of sp³-hybridized carbons (Fsp3) is 0. The van der Waals surface area contributed by atoms with Crippen molar-refractivity contribution < 1.29 is 4.55 Å². The van der Waals surface area contributed by atoms with E-state index in [4.69, 9.17) is 0 Å². The lowest BCUT2D eigenvalue weighted by Gasteiger charge is -2.09. The SMILES string of the molecule is OSc1ccc2sc3ccc(-c4ccc5c6ccccc6n(-c6ccccc6)c5c4)cc3c2c1. The minimum atomic E-state index is 0.801. The van der Waals surface area contributed by atoms with Crippen LogP contribution in [0.25, 0.3) is 58.8 Å². The molecule has 0 saturated carbocycles. The average Bonchev–Trinajstić information content (AvgIpc) is 3.43. The molecule has 0 fully saturated rings. The minimum absolute atomic E-state index is 0.801. The summed E-state index contributed by atoms with van der Waals surface area (Å²) in [6, 6.07) is 38.9. The van der Waals surface area contributed by atoms with Crippen molar-refractivity contribution in [2.24, 2.45) is 0 Å². The number of thiophene rings is 1. The zero-order valence-electron chi connectivity index (χ0n) is 18.1. The second-order valence-corrected chi connectivity index (χ2v) is 10.2. The summed E-state index contributed by atoms with van der Waals surface area (Å²) in [6.07, 6.45) is 0. The molecule has 34 heavy (non-hydrogen) atoms. The molecule has 0 saturated heterocycles. The lowest BCUT2D eigenvalue weighted by atomic mass is 10.0. The Hall–Kier alpha value is -3.57. The van der Waals surface area contributed by atoms with E-state index in [9.17, 15) is 4.55 Å². The van der Waals surface area contributed by atoms with E-state index in [2.05, 4.69) is 108 Å². The lowest BCUT2D eigenvalue weighted by Crippen LogP contribution is -1.93. The Morgan fingerprint density at radius 1 is 0.559 bits per heavy atom. The molecule has 7 rings (SSSR count). The van der Waals surface area contributed by atoms with Crippen LogP contribution in [0.15, 0.2) is 114 Å². The van der Waals surface area contributed by atoms with E-state index in [-0.39, 0.29) is 0 Å². The molecule has 2 aromatic heterocycles. The summed E-state index contributed by atoms with van der Waals surface area (Å²) in [5.41, 5.74) is 5.98. The zero-order valence-corrected chi connectivity index (χ0v) is 19.7. The highest BCUT2D eigenvalue weighted by atomic mass is 32.2. The van der Waals surface area contributed by atoms with Gasteiger partial charge in [0.25, 0.3) is 0 Å². The molecule has 4 heteroatoms. The number of aromatic nitrogens is 1. The third-order valence-corrected chi connectivity index (χ3v) is 8.18. The van der Waals surface area contributed by atoms with Gasteiger partial charge in [0.1, 0.15) is 0 Å². The van der Waals surface area contributed by atoms with Crippen LogP contribution < -0.4 is 0 Å². The first-order valence-corrected chi connectivity index (χ1v) is 12.8. The first kappa shape index (κ1) is 19.9. The molecule has 0 atom stereocenters. The molecule has 7 aromatic rings. The summed E-state index contributed by atoms with van der Waals surface area (Å²) in [4.78, 5) is 0.867. The number of hydrogen-bond acceptors (Lipinski definition) is 3. The van der Waals surface area contributed by atoms with Gasteiger partial charge in [-0.3, -0.25) is 0 Å². The molecule has 5 aromatic carbocycles. The molecule has 0 aliphatic carbocycles. The largest absolute Gasteiger partial charge is 0.325 e. The number of benzene rings is 5. The molecule has 0 radical (unpaired) electrons. The number of para-hydroxylation sites is 2. The molecular formula is C30H19NOS2. The standard InChI is InChI=1S/C30H19NOS2/c32-34-22-12-15-30-26(18-22)25-16-19(11-14-29(25)33-30)20-10-13-24-23-8-4-5-9-27(23)31(28(24)17-20)21-6-2-1-3-7-21/h1-18,32H. The first-order valence-electron chi connectivity index (χ1n) is 11.2. The molecule has 0 spiro atoms. The molecule has 2 nitrogen and oxygen atoms in total. The Labute approximate surface area is 204 Å². The van der Waals surface area contributed by atoms with Crippen molar-refractivity contribution in [1.29, 1.82) is 0 Å². The monoisotopic (exact) mass is 473 g/mol. The van der Waals surface area contributed by atoms with Gasteiger partial charge in [0.2, 0.25) is 0 Å². The van der Waals surface area contributed by atoms with Gasteiger partial charge in [-0.15, -0.1) is 11.3 Å². The number of fused-ring (bicyclic) bond motifs is 6. The van der Waals surface area contributed by atoms with Gasteiger partial charge >= 0.3 is 0 Å². The number of rotatable bonds is 3. The third-order valence-electron chi connectivity index (χ3n) is 6.57. The first-order chi connectivity index (χ1) is 16.8. The highest BCUT2D eigenvalue weighted by Crippen LogP contribution is 2.39. The van der Waals surface area contributed by atoms with Crippen molar-refractivity contribution in [3.8, 4) is 16.8 Å². The fourth-order valence-corrected chi connectivity index (χ4v) is 6.36. The second kappa shape index (κ2) is 7.74. The molecule has 0 aliphatic heterocycles. The molecular weight excluding hydrogens is 454 g/mol. The Bertz CT molecular complexity index is 1850.